The highest BCUT2D eigenvalue weighted by molar-refractivity contribution is 5.56. The second-order valence-corrected chi connectivity index (χ2v) is 4.34. The van der Waals surface area contributed by atoms with E-state index in [1.807, 2.05) is 25.3 Å². The Kier molecular flexibility index (Phi) is 7.17. The lowest BCUT2D eigenvalue weighted by molar-refractivity contribution is 0.436. The molecule has 0 radical (unpaired) electrons. The van der Waals surface area contributed by atoms with Gasteiger partial charge < -0.3 is 5.01 Å². The summed E-state index contributed by atoms with van der Waals surface area (Å²) in [6.45, 7) is 6.58. The number of allylic oxidation sites excluding steroid dienone is 2. The number of hydrazone groups is 1. The van der Waals surface area contributed by atoms with Gasteiger partial charge in [-0.2, -0.15) is 5.10 Å². The number of nitrogens with zero attached hydrogens (tertiary/aromatic N) is 2. The number of hydrogen-bond donors (Lipinski definition) is 0. The fourth-order valence-electron chi connectivity index (χ4n) is 1.16. The standard InChI is InChI=1S/C12H24N2/c1-11(2)7-6-8-12(3)9-10-13-14(4)5/h7,10,12H,6,8-9H2,1-5H3/b13-10+/t12-/m1/s1. The summed E-state index contributed by atoms with van der Waals surface area (Å²) < 4.78 is 0. The van der Waals surface area contributed by atoms with Crippen molar-refractivity contribution >= 4 is 6.21 Å². The van der Waals surface area contributed by atoms with Crippen LogP contribution in [0.3, 0.4) is 0 Å². The smallest absolute Gasteiger partial charge is 0.0247 e. The van der Waals surface area contributed by atoms with Crippen LogP contribution >= 0.6 is 0 Å². The fraction of sp³-hybridized carbons (Fsp3) is 0.750. The highest BCUT2D eigenvalue weighted by Crippen LogP contribution is 2.10. The Morgan fingerprint density at radius 1 is 1.36 bits per heavy atom. The van der Waals surface area contributed by atoms with Gasteiger partial charge in [0.05, 0.1) is 0 Å². The molecule has 82 valence electrons. The molecule has 0 saturated heterocycles. The number of hydrogen-bond acceptors (Lipinski definition) is 2. The maximum Gasteiger partial charge on any atom is 0.0247 e. The molecule has 0 unspecified atom stereocenters. The van der Waals surface area contributed by atoms with Gasteiger partial charge in [0, 0.05) is 20.3 Å². The van der Waals surface area contributed by atoms with Crippen molar-refractivity contribution in [2.75, 3.05) is 14.1 Å². The summed E-state index contributed by atoms with van der Waals surface area (Å²) in [5.41, 5.74) is 1.42. The van der Waals surface area contributed by atoms with Crippen molar-refractivity contribution in [2.24, 2.45) is 11.0 Å². The van der Waals surface area contributed by atoms with Crippen LogP contribution in [-0.2, 0) is 0 Å². The Bertz CT molecular complexity index is 188. The number of rotatable bonds is 6. The largest absolute Gasteiger partial charge is 0.303 e. The second kappa shape index (κ2) is 7.60. The molecule has 14 heavy (non-hydrogen) atoms. The van der Waals surface area contributed by atoms with E-state index in [1.165, 1.54) is 18.4 Å². The quantitative estimate of drug-likeness (QED) is 0.361. The summed E-state index contributed by atoms with van der Waals surface area (Å²) in [5, 5.41) is 6.04. The minimum atomic E-state index is 0.731. The van der Waals surface area contributed by atoms with Crippen LogP contribution in [0.25, 0.3) is 0 Å². The molecule has 0 amide bonds. The minimum absolute atomic E-state index is 0.731. The average Bonchev–Trinajstić information content (AvgIpc) is 2.02. The Hall–Kier alpha value is -0.790. The van der Waals surface area contributed by atoms with Crippen molar-refractivity contribution in [1.82, 2.24) is 5.01 Å². The third-order valence-corrected chi connectivity index (χ3v) is 2.03. The molecule has 0 N–H and O–H groups in total. The molecule has 0 aliphatic heterocycles. The van der Waals surface area contributed by atoms with Crippen molar-refractivity contribution in [3.05, 3.63) is 11.6 Å². The first-order valence-corrected chi connectivity index (χ1v) is 5.35. The van der Waals surface area contributed by atoms with Gasteiger partial charge in [0.25, 0.3) is 0 Å². The van der Waals surface area contributed by atoms with Crippen LogP contribution in [0.15, 0.2) is 16.8 Å². The monoisotopic (exact) mass is 196 g/mol. The van der Waals surface area contributed by atoms with Gasteiger partial charge in [0.1, 0.15) is 0 Å². The van der Waals surface area contributed by atoms with Crippen LogP contribution < -0.4 is 0 Å². The molecule has 0 aliphatic rings. The van der Waals surface area contributed by atoms with Crippen molar-refractivity contribution in [1.29, 1.82) is 0 Å². The summed E-state index contributed by atoms with van der Waals surface area (Å²) in [7, 11) is 3.90. The van der Waals surface area contributed by atoms with Gasteiger partial charge in [-0.3, -0.25) is 0 Å². The lowest BCUT2D eigenvalue weighted by atomic mass is 10.0. The summed E-state index contributed by atoms with van der Waals surface area (Å²) in [6, 6.07) is 0. The molecule has 0 saturated carbocycles. The molecule has 1 atom stereocenters. The van der Waals surface area contributed by atoms with E-state index in [2.05, 4.69) is 31.9 Å². The van der Waals surface area contributed by atoms with E-state index in [9.17, 15) is 0 Å². The van der Waals surface area contributed by atoms with Crippen molar-refractivity contribution in [3.63, 3.8) is 0 Å². The first-order valence-electron chi connectivity index (χ1n) is 5.35. The van der Waals surface area contributed by atoms with E-state index in [0.717, 1.165) is 12.3 Å². The van der Waals surface area contributed by atoms with Crippen LogP contribution in [0.5, 0.6) is 0 Å². The topological polar surface area (TPSA) is 15.6 Å². The maximum atomic E-state index is 4.20. The molecule has 2 nitrogen and oxygen atoms in total. The predicted molar refractivity (Wildman–Crippen MR) is 64.6 cm³/mol. The molecule has 0 aromatic carbocycles. The summed E-state index contributed by atoms with van der Waals surface area (Å²) in [6.07, 6.45) is 7.84. The Morgan fingerprint density at radius 3 is 2.50 bits per heavy atom. The molecule has 0 heterocycles. The van der Waals surface area contributed by atoms with E-state index in [1.54, 1.807) is 0 Å². The zero-order valence-electron chi connectivity index (χ0n) is 10.2. The van der Waals surface area contributed by atoms with Crippen molar-refractivity contribution < 1.29 is 0 Å². The molecule has 2 heteroatoms. The van der Waals surface area contributed by atoms with Crippen molar-refractivity contribution in [2.45, 2.75) is 40.0 Å². The molecule has 0 fully saturated rings. The van der Waals surface area contributed by atoms with E-state index < -0.39 is 0 Å². The first kappa shape index (κ1) is 13.2. The average molecular weight is 196 g/mol. The molecule has 0 aliphatic carbocycles. The van der Waals surface area contributed by atoms with Gasteiger partial charge in [-0.25, -0.2) is 0 Å². The van der Waals surface area contributed by atoms with Gasteiger partial charge in [-0.05, 0) is 39.0 Å². The zero-order chi connectivity index (χ0) is 11.0. The van der Waals surface area contributed by atoms with E-state index in [-0.39, 0.29) is 0 Å². The fourth-order valence-corrected chi connectivity index (χ4v) is 1.16. The summed E-state index contributed by atoms with van der Waals surface area (Å²) in [4.78, 5) is 0. The van der Waals surface area contributed by atoms with Crippen LogP contribution in [-0.4, -0.2) is 25.3 Å². The Labute approximate surface area is 88.7 Å². The van der Waals surface area contributed by atoms with Crippen LogP contribution in [0.4, 0.5) is 0 Å². The van der Waals surface area contributed by atoms with Gasteiger partial charge in [-0.15, -0.1) is 0 Å². The highest BCUT2D eigenvalue weighted by Gasteiger charge is 1.98. The predicted octanol–water partition coefficient (Wildman–Crippen LogP) is 3.31. The lowest BCUT2D eigenvalue weighted by Gasteiger charge is -2.07. The zero-order valence-corrected chi connectivity index (χ0v) is 10.2. The van der Waals surface area contributed by atoms with Gasteiger partial charge in [-0.1, -0.05) is 18.6 Å². The molecular formula is C12H24N2. The van der Waals surface area contributed by atoms with Crippen LogP contribution in [0.1, 0.15) is 40.0 Å². The first-order chi connectivity index (χ1) is 6.52. The molecule has 0 bridgehead atoms. The summed E-state index contributed by atoms with van der Waals surface area (Å²) in [5.74, 6) is 0.731. The van der Waals surface area contributed by atoms with Crippen LogP contribution in [0, 0.1) is 5.92 Å². The Balaban J connectivity index is 3.56. The Morgan fingerprint density at radius 2 is 2.00 bits per heavy atom. The molecular weight excluding hydrogens is 172 g/mol. The minimum Gasteiger partial charge on any atom is -0.303 e. The highest BCUT2D eigenvalue weighted by atomic mass is 15.4. The normalized spacial score (nSPS) is 12.9. The lowest BCUT2D eigenvalue weighted by Crippen LogP contribution is -2.03. The maximum absolute atomic E-state index is 4.20. The van der Waals surface area contributed by atoms with Gasteiger partial charge >= 0.3 is 0 Å². The third-order valence-electron chi connectivity index (χ3n) is 2.03. The van der Waals surface area contributed by atoms with E-state index in [0.29, 0.717) is 0 Å². The second-order valence-electron chi connectivity index (χ2n) is 4.34. The van der Waals surface area contributed by atoms with Gasteiger partial charge in [0.15, 0.2) is 0 Å². The SMILES string of the molecule is CC(C)=CCC[C@@H](C)C/C=N/N(C)C. The molecule has 0 spiro atoms. The van der Waals surface area contributed by atoms with Crippen LogP contribution in [0.2, 0.25) is 0 Å². The van der Waals surface area contributed by atoms with E-state index in [4.69, 9.17) is 0 Å². The summed E-state index contributed by atoms with van der Waals surface area (Å²) >= 11 is 0. The molecule has 0 rings (SSSR count). The van der Waals surface area contributed by atoms with Crippen molar-refractivity contribution in [3.8, 4) is 0 Å². The molecule has 0 aromatic heterocycles. The van der Waals surface area contributed by atoms with E-state index >= 15 is 0 Å². The molecule has 0 aromatic rings. The van der Waals surface area contributed by atoms with Gasteiger partial charge in [0.2, 0.25) is 0 Å². The third kappa shape index (κ3) is 9.30.